The van der Waals surface area contributed by atoms with Crippen LogP contribution in [0.1, 0.15) is 5.56 Å². The second-order valence-corrected chi connectivity index (χ2v) is 2.69. The van der Waals surface area contributed by atoms with E-state index in [4.69, 9.17) is 15.3 Å². The lowest BCUT2D eigenvalue weighted by Crippen LogP contribution is -2.16. The van der Waals surface area contributed by atoms with E-state index in [-0.39, 0.29) is 0 Å². The van der Waals surface area contributed by atoms with Crippen LogP contribution in [-0.4, -0.2) is 27.6 Å². The fraction of sp³-hybridized carbons (Fsp3) is 0.100. The van der Waals surface area contributed by atoms with E-state index >= 15 is 0 Å². The molecular weight excluding hydrogens is 184 g/mol. The fourth-order valence-electron chi connectivity index (χ4n) is 0.976. The standard InChI is InChI=1S/C10H10O4/c11-9(12)8(10(13)14)6-7-4-2-1-3-5-7/h1-6,9,11-12H,(H,13,14). The average Bonchev–Trinajstić information content (AvgIpc) is 2.15. The number of hydrogen-bond donors (Lipinski definition) is 3. The summed E-state index contributed by atoms with van der Waals surface area (Å²) in [6.07, 6.45) is -0.750. The van der Waals surface area contributed by atoms with Crippen molar-refractivity contribution in [3.8, 4) is 0 Å². The molecule has 1 aromatic rings. The second kappa shape index (κ2) is 4.55. The molecule has 0 unspecified atom stereocenters. The van der Waals surface area contributed by atoms with Gasteiger partial charge in [0.1, 0.15) is 0 Å². The Morgan fingerprint density at radius 2 is 1.79 bits per heavy atom. The van der Waals surface area contributed by atoms with Crippen molar-refractivity contribution in [2.45, 2.75) is 6.29 Å². The first kappa shape index (κ1) is 10.4. The maximum atomic E-state index is 10.6. The molecule has 0 spiro atoms. The van der Waals surface area contributed by atoms with Crippen molar-refractivity contribution < 1.29 is 20.1 Å². The zero-order valence-corrected chi connectivity index (χ0v) is 7.29. The maximum Gasteiger partial charge on any atom is 0.336 e. The van der Waals surface area contributed by atoms with Crippen LogP contribution in [-0.2, 0) is 4.79 Å². The molecular formula is C10H10O4. The summed E-state index contributed by atoms with van der Waals surface area (Å²) in [4.78, 5) is 10.6. The van der Waals surface area contributed by atoms with Gasteiger partial charge in [0.25, 0.3) is 0 Å². The Bertz CT molecular complexity index is 340. The third-order valence-corrected chi connectivity index (χ3v) is 1.65. The molecule has 0 aliphatic heterocycles. The van der Waals surface area contributed by atoms with Crippen LogP contribution in [0.3, 0.4) is 0 Å². The largest absolute Gasteiger partial charge is 0.478 e. The maximum absolute atomic E-state index is 10.6. The van der Waals surface area contributed by atoms with E-state index < -0.39 is 17.8 Å². The SMILES string of the molecule is O=C(O)C(=Cc1ccccc1)C(O)O. The van der Waals surface area contributed by atoms with Gasteiger partial charge in [0.05, 0.1) is 5.57 Å². The van der Waals surface area contributed by atoms with Gasteiger partial charge in [-0.25, -0.2) is 4.79 Å². The lowest BCUT2D eigenvalue weighted by Gasteiger charge is -2.03. The minimum absolute atomic E-state index is 0.448. The van der Waals surface area contributed by atoms with Gasteiger partial charge in [-0.1, -0.05) is 30.3 Å². The molecule has 0 aliphatic carbocycles. The molecule has 0 bridgehead atoms. The summed E-state index contributed by atoms with van der Waals surface area (Å²) in [5, 5.41) is 26.1. The highest BCUT2D eigenvalue weighted by Gasteiger charge is 2.14. The third kappa shape index (κ3) is 2.69. The number of aliphatic hydroxyl groups excluding tert-OH is 1. The van der Waals surface area contributed by atoms with Crippen LogP contribution in [0, 0.1) is 0 Å². The Balaban J connectivity index is 3.00. The lowest BCUT2D eigenvalue weighted by molar-refractivity contribution is -0.136. The number of rotatable bonds is 3. The van der Waals surface area contributed by atoms with Crippen LogP contribution in [0.5, 0.6) is 0 Å². The predicted molar refractivity (Wildman–Crippen MR) is 50.3 cm³/mol. The second-order valence-electron chi connectivity index (χ2n) is 2.69. The monoisotopic (exact) mass is 194 g/mol. The topological polar surface area (TPSA) is 77.8 Å². The van der Waals surface area contributed by atoms with Gasteiger partial charge in [-0.3, -0.25) is 0 Å². The van der Waals surface area contributed by atoms with Gasteiger partial charge in [-0.2, -0.15) is 0 Å². The molecule has 0 saturated heterocycles. The first-order valence-electron chi connectivity index (χ1n) is 3.97. The Morgan fingerprint density at radius 1 is 1.21 bits per heavy atom. The summed E-state index contributed by atoms with van der Waals surface area (Å²) in [5.74, 6) is -1.34. The number of aliphatic carboxylic acids is 1. The summed E-state index contributed by atoms with van der Waals surface area (Å²) in [6.45, 7) is 0. The molecule has 0 heterocycles. The minimum atomic E-state index is -1.97. The van der Waals surface area contributed by atoms with Crippen LogP contribution >= 0.6 is 0 Å². The summed E-state index contributed by atoms with van der Waals surface area (Å²) >= 11 is 0. The van der Waals surface area contributed by atoms with E-state index in [1.165, 1.54) is 6.08 Å². The van der Waals surface area contributed by atoms with Crippen LogP contribution in [0.2, 0.25) is 0 Å². The minimum Gasteiger partial charge on any atom is -0.478 e. The van der Waals surface area contributed by atoms with Crippen LogP contribution in [0.4, 0.5) is 0 Å². The Labute approximate surface area is 80.7 Å². The summed E-state index contributed by atoms with van der Waals surface area (Å²) in [5.41, 5.74) is 0.161. The van der Waals surface area contributed by atoms with Crippen molar-refractivity contribution in [3.63, 3.8) is 0 Å². The van der Waals surface area contributed by atoms with Crippen LogP contribution < -0.4 is 0 Å². The predicted octanol–water partition coefficient (Wildman–Crippen LogP) is 0.465. The zero-order valence-electron chi connectivity index (χ0n) is 7.29. The Hall–Kier alpha value is -1.65. The molecule has 0 aliphatic rings. The van der Waals surface area contributed by atoms with E-state index in [0.29, 0.717) is 5.56 Å². The molecule has 74 valence electrons. The molecule has 0 aromatic heterocycles. The highest BCUT2D eigenvalue weighted by atomic mass is 16.5. The van der Waals surface area contributed by atoms with Gasteiger partial charge >= 0.3 is 5.97 Å². The number of benzene rings is 1. The molecule has 0 fully saturated rings. The number of hydrogen-bond acceptors (Lipinski definition) is 3. The van der Waals surface area contributed by atoms with Gasteiger partial charge in [0.15, 0.2) is 6.29 Å². The quantitative estimate of drug-likeness (QED) is 0.482. The van der Waals surface area contributed by atoms with Crippen LogP contribution in [0.25, 0.3) is 6.08 Å². The first-order chi connectivity index (χ1) is 6.61. The van der Waals surface area contributed by atoms with Gasteiger partial charge in [-0.15, -0.1) is 0 Å². The Morgan fingerprint density at radius 3 is 2.21 bits per heavy atom. The molecule has 0 atom stereocenters. The fourth-order valence-corrected chi connectivity index (χ4v) is 0.976. The number of carboxylic acids is 1. The molecule has 14 heavy (non-hydrogen) atoms. The van der Waals surface area contributed by atoms with E-state index in [9.17, 15) is 4.79 Å². The lowest BCUT2D eigenvalue weighted by atomic mass is 10.1. The van der Waals surface area contributed by atoms with Gasteiger partial charge in [-0.05, 0) is 11.6 Å². The molecule has 1 rings (SSSR count). The van der Waals surface area contributed by atoms with E-state index in [2.05, 4.69) is 0 Å². The summed E-state index contributed by atoms with van der Waals surface area (Å²) in [7, 11) is 0. The smallest absolute Gasteiger partial charge is 0.336 e. The van der Waals surface area contributed by atoms with Crippen LogP contribution in [0.15, 0.2) is 35.9 Å². The van der Waals surface area contributed by atoms with E-state index in [1.54, 1.807) is 30.3 Å². The summed E-state index contributed by atoms with van der Waals surface area (Å²) in [6, 6.07) is 8.59. The van der Waals surface area contributed by atoms with Gasteiger partial charge in [0.2, 0.25) is 0 Å². The molecule has 4 nitrogen and oxygen atoms in total. The molecule has 1 aromatic carbocycles. The van der Waals surface area contributed by atoms with Crippen molar-refractivity contribution >= 4 is 12.0 Å². The average molecular weight is 194 g/mol. The summed E-state index contributed by atoms with van der Waals surface area (Å²) < 4.78 is 0. The molecule has 4 heteroatoms. The normalized spacial score (nSPS) is 11.8. The van der Waals surface area contributed by atoms with E-state index in [0.717, 1.165) is 0 Å². The van der Waals surface area contributed by atoms with Crippen molar-refractivity contribution in [1.82, 2.24) is 0 Å². The Kier molecular flexibility index (Phi) is 3.39. The number of aliphatic hydroxyl groups is 2. The van der Waals surface area contributed by atoms with Gasteiger partial charge < -0.3 is 15.3 Å². The zero-order chi connectivity index (χ0) is 10.6. The first-order valence-corrected chi connectivity index (χ1v) is 3.97. The molecule has 0 saturated carbocycles. The highest BCUT2D eigenvalue weighted by molar-refractivity contribution is 5.92. The van der Waals surface area contributed by atoms with Gasteiger partial charge in [0, 0.05) is 0 Å². The number of carboxylic acid groups (broad SMARTS) is 1. The van der Waals surface area contributed by atoms with Crippen molar-refractivity contribution in [1.29, 1.82) is 0 Å². The van der Waals surface area contributed by atoms with E-state index in [1.807, 2.05) is 0 Å². The van der Waals surface area contributed by atoms with Crippen molar-refractivity contribution in [2.75, 3.05) is 0 Å². The van der Waals surface area contributed by atoms with Crippen molar-refractivity contribution in [2.24, 2.45) is 0 Å². The molecule has 0 radical (unpaired) electrons. The molecule has 3 N–H and O–H groups in total. The third-order valence-electron chi connectivity index (χ3n) is 1.65. The highest BCUT2D eigenvalue weighted by Crippen LogP contribution is 2.08. The molecule has 0 amide bonds. The number of carbonyl (C=O) groups is 1. The van der Waals surface area contributed by atoms with Crippen molar-refractivity contribution in [3.05, 3.63) is 41.5 Å².